The smallest absolute Gasteiger partial charge is 0.272 e. The molecule has 1 atom stereocenters. The number of nitrogens with zero attached hydrogens (tertiary/aromatic N) is 1. The third kappa shape index (κ3) is 3.75. The molecule has 1 saturated heterocycles. The highest BCUT2D eigenvalue weighted by atomic mass is 32.2. The first-order valence-electron chi connectivity index (χ1n) is 7.98. The van der Waals surface area contributed by atoms with E-state index in [-0.39, 0.29) is 10.9 Å². The molecule has 0 amide bonds. The number of benzene rings is 1. The lowest BCUT2D eigenvalue weighted by Gasteiger charge is -2.25. The fourth-order valence-corrected chi connectivity index (χ4v) is 4.03. The van der Waals surface area contributed by atoms with Crippen LogP contribution < -0.4 is 10.3 Å². The van der Waals surface area contributed by atoms with Gasteiger partial charge in [0.15, 0.2) is 0 Å². The Morgan fingerprint density at radius 1 is 1.12 bits per heavy atom. The van der Waals surface area contributed by atoms with E-state index in [2.05, 4.69) is 29.4 Å². The van der Waals surface area contributed by atoms with Crippen molar-refractivity contribution >= 4 is 15.8 Å². The Labute approximate surface area is 142 Å². The first kappa shape index (κ1) is 16.9. The molecule has 2 N–H and O–H groups in total. The van der Waals surface area contributed by atoms with Crippen LogP contribution in [0.15, 0.2) is 53.6 Å². The summed E-state index contributed by atoms with van der Waals surface area (Å²) in [5.74, 6) is 0.771. The first-order valence-corrected chi connectivity index (χ1v) is 9.42. The molecule has 2 heterocycles. The second kappa shape index (κ2) is 7.29. The zero-order valence-electron chi connectivity index (χ0n) is 13.6. The lowest BCUT2D eigenvalue weighted by molar-refractivity contribution is -0.364. The fraction of sp³-hybridized carbons (Fsp3) is 0.353. The Balaban J connectivity index is 1.71. The maximum atomic E-state index is 12.6. The van der Waals surface area contributed by atoms with Crippen LogP contribution in [0.1, 0.15) is 18.5 Å². The number of pyridine rings is 1. The highest BCUT2D eigenvalue weighted by molar-refractivity contribution is 7.89. The molecule has 128 valence electrons. The summed E-state index contributed by atoms with van der Waals surface area (Å²) in [6, 6.07) is 13.6. The molecule has 0 radical (unpaired) electrons. The summed E-state index contributed by atoms with van der Waals surface area (Å²) in [4.78, 5) is 3.30. The molecule has 1 aromatic heterocycles. The van der Waals surface area contributed by atoms with Gasteiger partial charge in [0, 0.05) is 19.2 Å². The molecule has 3 rings (SSSR count). The zero-order valence-corrected chi connectivity index (χ0v) is 14.4. The normalized spacial score (nSPS) is 17.4. The summed E-state index contributed by atoms with van der Waals surface area (Å²) < 4.78 is 31.8. The van der Waals surface area contributed by atoms with Gasteiger partial charge in [-0.3, -0.25) is 5.32 Å². The van der Waals surface area contributed by atoms with Crippen molar-refractivity contribution in [3.05, 3.63) is 54.2 Å². The van der Waals surface area contributed by atoms with Crippen LogP contribution in [0.2, 0.25) is 0 Å². The number of hydrogen-bond acceptors (Lipinski definition) is 4. The SMILES string of the molecule is C[C@H](Nc1ccc(S(=O)(=O)N2CCOCC2)c[nH+]1)c1ccccc1. The molecule has 24 heavy (non-hydrogen) atoms. The molecule has 6 nitrogen and oxygen atoms in total. The van der Waals surface area contributed by atoms with E-state index in [4.69, 9.17) is 4.74 Å². The highest BCUT2D eigenvalue weighted by Gasteiger charge is 2.27. The lowest BCUT2D eigenvalue weighted by atomic mass is 10.1. The molecule has 1 aromatic carbocycles. The molecule has 0 bridgehead atoms. The standard InChI is InChI=1S/C17H21N3O3S/c1-14(15-5-3-2-4-6-15)19-17-8-7-16(13-18-17)24(21,22)20-9-11-23-12-10-20/h2-8,13-14H,9-12H2,1H3,(H,18,19)/p+1/t14-/m0/s1. The fourth-order valence-electron chi connectivity index (χ4n) is 2.66. The maximum absolute atomic E-state index is 12.6. The van der Waals surface area contributed by atoms with Crippen molar-refractivity contribution in [2.45, 2.75) is 17.9 Å². The van der Waals surface area contributed by atoms with Crippen LogP contribution in [0.5, 0.6) is 0 Å². The maximum Gasteiger partial charge on any atom is 0.272 e. The number of anilines is 1. The number of aromatic amines is 1. The molecule has 2 aromatic rings. The molecule has 0 aliphatic carbocycles. The van der Waals surface area contributed by atoms with Crippen LogP contribution in [0.4, 0.5) is 5.82 Å². The van der Waals surface area contributed by atoms with E-state index < -0.39 is 10.0 Å². The zero-order chi connectivity index (χ0) is 17.0. The number of ether oxygens (including phenoxy) is 1. The van der Waals surface area contributed by atoms with Gasteiger partial charge in [-0.2, -0.15) is 4.31 Å². The molecule has 7 heteroatoms. The van der Waals surface area contributed by atoms with Gasteiger partial charge in [-0.25, -0.2) is 13.4 Å². The highest BCUT2D eigenvalue weighted by Crippen LogP contribution is 2.19. The van der Waals surface area contributed by atoms with E-state index in [1.165, 1.54) is 10.5 Å². The number of sulfonamides is 1. The molecular formula is C17H22N3O3S+. The summed E-state index contributed by atoms with van der Waals surface area (Å²) in [6.07, 6.45) is 1.53. The summed E-state index contributed by atoms with van der Waals surface area (Å²) in [7, 11) is -3.47. The predicted octanol–water partition coefficient (Wildman–Crippen LogP) is 1.69. The number of nitrogens with one attached hydrogen (secondary N) is 2. The second-order valence-corrected chi connectivity index (χ2v) is 7.67. The van der Waals surface area contributed by atoms with Crippen molar-refractivity contribution in [2.24, 2.45) is 0 Å². The average molecular weight is 348 g/mol. The Hall–Kier alpha value is -1.96. The number of aromatic nitrogens is 1. The van der Waals surface area contributed by atoms with E-state index in [0.29, 0.717) is 26.3 Å². The van der Waals surface area contributed by atoms with Gasteiger partial charge in [0.2, 0.25) is 10.0 Å². The van der Waals surface area contributed by atoms with Crippen molar-refractivity contribution < 1.29 is 18.1 Å². The van der Waals surface area contributed by atoms with Gasteiger partial charge in [-0.1, -0.05) is 30.3 Å². The second-order valence-electron chi connectivity index (χ2n) is 5.73. The third-order valence-corrected chi connectivity index (χ3v) is 5.96. The molecule has 1 aliphatic heterocycles. The van der Waals surface area contributed by atoms with E-state index >= 15 is 0 Å². The number of rotatable bonds is 5. The minimum atomic E-state index is -3.47. The van der Waals surface area contributed by atoms with E-state index in [1.54, 1.807) is 12.1 Å². The molecule has 0 saturated carbocycles. The Bertz CT molecular complexity index is 757. The van der Waals surface area contributed by atoms with Crippen LogP contribution in [0.25, 0.3) is 0 Å². The van der Waals surface area contributed by atoms with Gasteiger partial charge in [0.1, 0.15) is 17.1 Å². The summed E-state index contributed by atoms with van der Waals surface area (Å²) in [5, 5.41) is 3.33. The molecule has 1 fully saturated rings. The minimum Gasteiger partial charge on any atom is -0.379 e. The van der Waals surface area contributed by atoms with Gasteiger partial charge < -0.3 is 4.74 Å². The predicted molar refractivity (Wildman–Crippen MR) is 91.1 cm³/mol. The Morgan fingerprint density at radius 3 is 2.46 bits per heavy atom. The topological polar surface area (TPSA) is 72.8 Å². The first-order chi connectivity index (χ1) is 11.6. The van der Waals surface area contributed by atoms with Crippen molar-refractivity contribution in [1.29, 1.82) is 0 Å². The summed E-state index contributed by atoms with van der Waals surface area (Å²) in [6.45, 7) is 3.73. The third-order valence-electron chi connectivity index (χ3n) is 4.06. The van der Waals surface area contributed by atoms with Crippen molar-refractivity contribution in [1.82, 2.24) is 4.31 Å². The molecular weight excluding hydrogens is 326 g/mol. The monoisotopic (exact) mass is 348 g/mol. The van der Waals surface area contributed by atoms with Gasteiger partial charge in [0.05, 0.1) is 13.2 Å². The van der Waals surface area contributed by atoms with E-state index in [1.807, 2.05) is 18.2 Å². The van der Waals surface area contributed by atoms with Crippen LogP contribution in [-0.2, 0) is 14.8 Å². The van der Waals surface area contributed by atoms with Gasteiger partial charge >= 0.3 is 0 Å². The molecule has 1 aliphatic rings. The Morgan fingerprint density at radius 2 is 1.83 bits per heavy atom. The Kier molecular flexibility index (Phi) is 5.13. The van der Waals surface area contributed by atoms with Gasteiger partial charge in [0.25, 0.3) is 5.82 Å². The quantitative estimate of drug-likeness (QED) is 0.892. The number of hydrogen-bond donors (Lipinski definition) is 1. The largest absolute Gasteiger partial charge is 0.379 e. The molecule has 0 unspecified atom stereocenters. The average Bonchev–Trinajstić information content (AvgIpc) is 2.63. The summed E-state index contributed by atoms with van der Waals surface area (Å²) >= 11 is 0. The molecule has 0 spiro atoms. The minimum absolute atomic E-state index is 0.115. The lowest BCUT2D eigenvalue weighted by Crippen LogP contribution is -2.40. The van der Waals surface area contributed by atoms with Crippen LogP contribution in [0.3, 0.4) is 0 Å². The van der Waals surface area contributed by atoms with Gasteiger partial charge in [-0.05, 0) is 18.6 Å². The van der Waals surface area contributed by atoms with E-state index in [9.17, 15) is 8.42 Å². The van der Waals surface area contributed by atoms with E-state index in [0.717, 1.165) is 11.4 Å². The van der Waals surface area contributed by atoms with Crippen molar-refractivity contribution in [3.8, 4) is 0 Å². The van der Waals surface area contributed by atoms with Crippen LogP contribution in [-0.4, -0.2) is 39.0 Å². The number of morpholine rings is 1. The number of H-pyrrole nitrogens is 1. The summed E-state index contributed by atoms with van der Waals surface area (Å²) in [5.41, 5.74) is 1.16. The van der Waals surface area contributed by atoms with Crippen molar-refractivity contribution in [2.75, 3.05) is 31.6 Å². The van der Waals surface area contributed by atoms with Crippen LogP contribution in [0, 0.1) is 0 Å². The van der Waals surface area contributed by atoms with Crippen molar-refractivity contribution in [3.63, 3.8) is 0 Å². The van der Waals surface area contributed by atoms with Gasteiger partial charge in [-0.15, -0.1) is 0 Å². The van der Waals surface area contributed by atoms with Crippen LogP contribution >= 0.6 is 0 Å².